The van der Waals surface area contributed by atoms with Crippen molar-refractivity contribution in [3.05, 3.63) is 37.4 Å². The lowest BCUT2D eigenvalue weighted by Crippen LogP contribution is -2.59. The molecule has 4 aliphatic rings. The van der Waals surface area contributed by atoms with Gasteiger partial charge in [0.05, 0.1) is 19.8 Å². The number of aromatic nitrogens is 4. The van der Waals surface area contributed by atoms with E-state index in [0.29, 0.717) is 41.9 Å². The van der Waals surface area contributed by atoms with E-state index in [1.54, 1.807) is 46.6 Å². The van der Waals surface area contributed by atoms with Gasteiger partial charge in [-0.2, -0.15) is 0 Å². The fourth-order valence-electron chi connectivity index (χ4n) is 10.5. The number of methoxy groups -OCH3 is 1. The molecule has 0 radical (unpaired) electrons. The highest BCUT2D eigenvalue weighted by Gasteiger charge is 2.65. The topological polar surface area (TPSA) is 115 Å². The Morgan fingerprint density at radius 3 is 2.20 bits per heavy atom. The molecule has 0 aliphatic heterocycles. The van der Waals surface area contributed by atoms with Crippen LogP contribution < -0.4 is 0 Å². The number of ether oxygens (including phenoxy) is 3. The van der Waals surface area contributed by atoms with Gasteiger partial charge in [0.25, 0.3) is 0 Å². The highest BCUT2D eigenvalue weighted by molar-refractivity contribution is 5.70. The first kappa shape index (κ1) is 31.8. The predicted molar refractivity (Wildman–Crippen MR) is 165 cm³/mol. The van der Waals surface area contributed by atoms with Crippen LogP contribution in [0.4, 0.5) is 0 Å². The number of esters is 3. The molecule has 0 bridgehead atoms. The lowest BCUT2D eigenvalue weighted by Gasteiger charge is -2.62. The summed E-state index contributed by atoms with van der Waals surface area (Å²) in [6.07, 6.45) is 19.4. The molecule has 0 aromatic carbocycles. The summed E-state index contributed by atoms with van der Waals surface area (Å²) < 4.78 is 21.0. The van der Waals surface area contributed by atoms with Gasteiger partial charge in [0.15, 0.2) is 0 Å². The number of rotatable bonds is 10. The maximum atomic E-state index is 13.4. The van der Waals surface area contributed by atoms with Crippen LogP contribution in [0.15, 0.2) is 37.4 Å². The Kier molecular flexibility index (Phi) is 9.12. The van der Waals surface area contributed by atoms with Crippen LogP contribution in [0.25, 0.3) is 0 Å². The third kappa shape index (κ3) is 6.18. The van der Waals surface area contributed by atoms with E-state index in [9.17, 15) is 14.4 Å². The normalized spacial score (nSPS) is 36.2. The summed E-state index contributed by atoms with van der Waals surface area (Å²) in [6, 6.07) is 0. The molecule has 6 rings (SSSR count). The summed E-state index contributed by atoms with van der Waals surface area (Å²) in [4.78, 5) is 46.3. The summed E-state index contributed by atoms with van der Waals surface area (Å²) in [5, 5.41) is 0. The van der Waals surface area contributed by atoms with Gasteiger partial charge in [0.2, 0.25) is 0 Å². The number of nitrogens with zero attached hydrogens (tertiary/aromatic N) is 4. The van der Waals surface area contributed by atoms with E-state index < -0.39 is 0 Å². The fraction of sp³-hybridized carbons (Fsp3) is 0.743. The average molecular weight is 623 g/mol. The monoisotopic (exact) mass is 622 g/mol. The number of imidazole rings is 2. The molecule has 0 saturated heterocycles. The van der Waals surface area contributed by atoms with Crippen LogP contribution in [0.3, 0.4) is 0 Å². The molecule has 0 N–H and O–H groups in total. The molecule has 2 aromatic rings. The lowest BCUT2D eigenvalue weighted by atomic mass is 9.43. The minimum Gasteiger partial charge on any atom is -0.469 e. The van der Waals surface area contributed by atoms with Crippen LogP contribution in [0.2, 0.25) is 0 Å². The van der Waals surface area contributed by atoms with Crippen molar-refractivity contribution in [3.8, 4) is 0 Å². The minimum absolute atomic E-state index is 0.0557. The molecule has 10 nitrogen and oxygen atoms in total. The highest BCUT2D eigenvalue weighted by atomic mass is 16.5. The Labute approximate surface area is 266 Å². The van der Waals surface area contributed by atoms with E-state index in [2.05, 4.69) is 30.7 Å². The third-order valence-corrected chi connectivity index (χ3v) is 12.8. The Bertz CT molecular complexity index is 1330. The maximum absolute atomic E-state index is 13.4. The molecule has 2 aromatic heterocycles. The SMILES string of the molecule is COC(=O)CC[C@@H](C)[C@H]1CC[C@H]2[C@@H]3CC[C@@H]4C[C@H](OC(=O)Cn5ccnc5)CC[C@]4(C)[C@H]3C[C@H](OC(=O)Cn3ccnc3)[C@]12C. The fourth-order valence-corrected chi connectivity index (χ4v) is 10.5. The number of carbonyl (C=O) groups is 3. The Morgan fingerprint density at radius 1 is 0.867 bits per heavy atom. The van der Waals surface area contributed by atoms with Gasteiger partial charge in [0, 0.05) is 36.6 Å². The van der Waals surface area contributed by atoms with E-state index in [-0.39, 0.29) is 54.0 Å². The van der Waals surface area contributed by atoms with Gasteiger partial charge in [-0.25, -0.2) is 9.97 Å². The molecule has 45 heavy (non-hydrogen) atoms. The zero-order chi connectivity index (χ0) is 31.8. The largest absolute Gasteiger partial charge is 0.469 e. The average Bonchev–Trinajstić information content (AvgIpc) is 3.79. The van der Waals surface area contributed by atoms with Crippen molar-refractivity contribution in [2.24, 2.45) is 46.3 Å². The summed E-state index contributed by atoms with van der Waals surface area (Å²) >= 11 is 0. The number of hydrogen-bond acceptors (Lipinski definition) is 8. The van der Waals surface area contributed by atoms with Crippen molar-refractivity contribution in [1.82, 2.24) is 19.1 Å². The van der Waals surface area contributed by atoms with E-state index in [1.165, 1.54) is 13.5 Å². The van der Waals surface area contributed by atoms with Crippen LogP contribution in [0, 0.1) is 46.3 Å². The second-order valence-electron chi connectivity index (χ2n) is 14.9. The van der Waals surface area contributed by atoms with Crippen molar-refractivity contribution in [2.45, 2.75) is 110 Å². The second kappa shape index (κ2) is 12.9. The van der Waals surface area contributed by atoms with Gasteiger partial charge >= 0.3 is 17.9 Å². The van der Waals surface area contributed by atoms with Gasteiger partial charge in [-0.3, -0.25) is 14.4 Å². The molecule has 4 aliphatic carbocycles. The zero-order valence-electron chi connectivity index (χ0n) is 27.3. The molecule has 0 spiro atoms. The van der Waals surface area contributed by atoms with E-state index in [0.717, 1.165) is 51.4 Å². The lowest BCUT2D eigenvalue weighted by molar-refractivity contribution is -0.199. The van der Waals surface area contributed by atoms with Crippen LogP contribution in [-0.4, -0.2) is 56.3 Å². The summed E-state index contributed by atoms with van der Waals surface area (Å²) in [7, 11) is 1.45. The quantitative estimate of drug-likeness (QED) is 0.254. The third-order valence-electron chi connectivity index (χ3n) is 12.8. The van der Waals surface area contributed by atoms with Gasteiger partial charge in [-0.15, -0.1) is 0 Å². The number of fused-ring (bicyclic) bond motifs is 5. The molecule has 4 saturated carbocycles. The molecule has 4 fully saturated rings. The van der Waals surface area contributed by atoms with Crippen molar-refractivity contribution >= 4 is 17.9 Å². The van der Waals surface area contributed by atoms with Crippen molar-refractivity contribution in [2.75, 3.05) is 7.11 Å². The molecule has 10 heteroatoms. The summed E-state index contributed by atoms with van der Waals surface area (Å²) in [5.74, 6) is 2.09. The second-order valence-corrected chi connectivity index (χ2v) is 14.9. The summed E-state index contributed by atoms with van der Waals surface area (Å²) in [5.41, 5.74) is -0.0361. The van der Waals surface area contributed by atoms with Crippen molar-refractivity contribution in [3.63, 3.8) is 0 Å². The predicted octanol–water partition coefficient (Wildman–Crippen LogP) is 5.46. The van der Waals surface area contributed by atoms with Crippen molar-refractivity contribution in [1.29, 1.82) is 0 Å². The Hall–Kier alpha value is -3.17. The standard InChI is InChI=1S/C35H50N4O6/c1-23(5-10-31(40)43-4)27-8-9-28-26-7-6-24-17-25(44-32(41)19-38-15-13-36-21-38)11-12-34(24,2)29(26)18-30(35(27,28)3)45-33(42)20-39-16-14-37-22-39/h13-16,21-30H,5-12,17-20H2,1-4H3/t23-,24-,25-,26+,27-,28+,29+,30+,34+,35-/m1/s1. The highest BCUT2D eigenvalue weighted by Crippen LogP contribution is 2.69. The molecule has 0 unspecified atom stereocenters. The zero-order valence-corrected chi connectivity index (χ0v) is 27.3. The maximum Gasteiger partial charge on any atom is 0.326 e. The van der Waals surface area contributed by atoms with Gasteiger partial charge in [0.1, 0.15) is 25.3 Å². The first-order chi connectivity index (χ1) is 21.6. The molecule has 10 atom stereocenters. The Morgan fingerprint density at radius 2 is 1.56 bits per heavy atom. The van der Waals surface area contributed by atoms with E-state index in [4.69, 9.17) is 14.2 Å². The number of hydrogen-bond donors (Lipinski definition) is 0. The molecular formula is C35H50N4O6. The first-order valence-electron chi connectivity index (χ1n) is 17.0. The summed E-state index contributed by atoms with van der Waals surface area (Å²) in [6.45, 7) is 7.47. The molecular weight excluding hydrogens is 572 g/mol. The van der Waals surface area contributed by atoms with E-state index in [1.807, 2.05) is 0 Å². The minimum atomic E-state index is -0.213. The van der Waals surface area contributed by atoms with E-state index >= 15 is 0 Å². The smallest absolute Gasteiger partial charge is 0.326 e. The molecule has 2 heterocycles. The Balaban J connectivity index is 1.20. The molecule has 246 valence electrons. The van der Waals surface area contributed by atoms with Gasteiger partial charge < -0.3 is 23.3 Å². The van der Waals surface area contributed by atoms with Crippen LogP contribution in [0.5, 0.6) is 0 Å². The number of carbonyl (C=O) groups excluding carboxylic acids is 3. The molecule has 0 amide bonds. The first-order valence-corrected chi connectivity index (χ1v) is 17.0. The van der Waals surface area contributed by atoms with Gasteiger partial charge in [-0.05, 0) is 98.7 Å². The van der Waals surface area contributed by atoms with Crippen LogP contribution >= 0.6 is 0 Å². The van der Waals surface area contributed by atoms with Crippen molar-refractivity contribution < 1.29 is 28.6 Å². The van der Waals surface area contributed by atoms with Crippen LogP contribution in [-0.2, 0) is 41.7 Å². The van der Waals surface area contributed by atoms with Gasteiger partial charge in [-0.1, -0.05) is 20.8 Å². The van der Waals surface area contributed by atoms with Crippen LogP contribution in [0.1, 0.15) is 85.0 Å².